The van der Waals surface area contributed by atoms with Gasteiger partial charge in [-0.2, -0.15) is 5.26 Å². The number of fused-ring (bicyclic) bond motifs is 1. The van der Waals surface area contributed by atoms with Gasteiger partial charge in [-0.05, 0) is 49.2 Å². The zero-order valence-electron chi connectivity index (χ0n) is 15.6. The maximum absolute atomic E-state index is 10.5. The lowest BCUT2D eigenvalue weighted by Gasteiger charge is -2.25. The van der Waals surface area contributed by atoms with E-state index in [4.69, 9.17) is 15.0 Å². The molecule has 1 aliphatic heterocycles. The van der Waals surface area contributed by atoms with Crippen molar-refractivity contribution < 1.29 is 9.84 Å². The normalized spacial score (nSPS) is 18.2. The number of ether oxygens (including phenoxy) is 1. The first-order chi connectivity index (χ1) is 13.7. The van der Waals surface area contributed by atoms with Crippen LogP contribution in [0.1, 0.15) is 29.5 Å². The number of rotatable bonds is 7. The first-order valence-electron chi connectivity index (χ1n) is 9.59. The predicted molar refractivity (Wildman–Crippen MR) is 110 cm³/mol. The minimum Gasteiger partial charge on any atom is -0.491 e. The molecule has 0 amide bonds. The number of hydrogen-bond donors (Lipinski definition) is 1. The number of para-hydroxylation sites is 1. The molecule has 2 aromatic carbocycles. The first-order valence-corrected chi connectivity index (χ1v) is 10.4. The van der Waals surface area contributed by atoms with Crippen LogP contribution in [0.5, 0.6) is 5.75 Å². The van der Waals surface area contributed by atoms with E-state index < -0.39 is 6.10 Å². The Kier molecular flexibility index (Phi) is 5.87. The summed E-state index contributed by atoms with van der Waals surface area (Å²) in [5.41, 5.74) is 2.02. The lowest BCUT2D eigenvalue weighted by atomic mass is 10.2. The van der Waals surface area contributed by atoms with Crippen molar-refractivity contribution in [1.29, 1.82) is 5.26 Å². The van der Waals surface area contributed by atoms with Gasteiger partial charge >= 0.3 is 0 Å². The van der Waals surface area contributed by atoms with Crippen molar-refractivity contribution in [3.05, 3.63) is 59.1 Å². The summed E-state index contributed by atoms with van der Waals surface area (Å²) in [4.78, 5) is 7.13. The Hall–Kier alpha value is -2.46. The Labute approximate surface area is 168 Å². The molecule has 0 radical (unpaired) electrons. The van der Waals surface area contributed by atoms with Crippen molar-refractivity contribution in [3.8, 4) is 11.8 Å². The highest BCUT2D eigenvalue weighted by molar-refractivity contribution is 7.18. The van der Waals surface area contributed by atoms with Crippen LogP contribution >= 0.6 is 11.3 Å². The highest BCUT2D eigenvalue weighted by Crippen LogP contribution is 2.36. The lowest BCUT2D eigenvalue weighted by molar-refractivity contribution is 0.0638. The Balaban J connectivity index is 1.34. The summed E-state index contributed by atoms with van der Waals surface area (Å²) in [6.07, 6.45) is 2.03. The fourth-order valence-electron chi connectivity index (χ4n) is 3.67. The highest BCUT2D eigenvalue weighted by Gasteiger charge is 2.30. The average Bonchev–Trinajstić information content (AvgIpc) is 3.34. The number of hydrogen-bond acceptors (Lipinski definition) is 6. The Morgan fingerprint density at radius 1 is 1.25 bits per heavy atom. The third kappa shape index (κ3) is 4.33. The SMILES string of the molecule is N#CCc1ccc(OCC(O)CN2CCCC2c2nc3ccccc3s2)cc1. The van der Waals surface area contributed by atoms with Gasteiger partial charge < -0.3 is 9.84 Å². The maximum Gasteiger partial charge on any atom is 0.119 e. The molecule has 28 heavy (non-hydrogen) atoms. The second-order valence-corrected chi connectivity index (χ2v) is 8.18. The molecule has 5 nitrogen and oxygen atoms in total. The number of aromatic nitrogens is 1. The number of nitrogens with zero attached hydrogens (tertiary/aromatic N) is 3. The summed E-state index contributed by atoms with van der Waals surface area (Å²) in [5, 5.41) is 20.3. The summed E-state index contributed by atoms with van der Waals surface area (Å²) in [6, 6.07) is 18.1. The largest absolute Gasteiger partial charge is 0.491 e. The molecule has 1 aliphatic rings. The molecule has 1 saturated heterocycles. The monoisotopic (exact) mass is 393 g/mol. The minimum absolute atomic E-state index is 0.251. The van der Waals surface area contributed by atoms with Gasteiger partial charge in [0.1, 0.15) is 23.5 Å². The highest BCUT2D eigenvalue weighted by atomic mass is 32.1. The van der Waals surface area contributed by atoms with Crippen molar-refractivity contribution in [3.63, 3.8) is 0 Å². The van der Waals surface area contributed by atoms with Gasteiger partial charge in [-0.25, -0.2) is 4.98 Å². The fraction of sp³-hybridized carbons (Fsp3) is 0.364. The van der Waals surface area contributed by atoms with Gasteiger partial charge in [-0.15, -0.1) is 11.3 Å². The zero-order valence-corrected chi connectivity index (χ0v) is 16.4. The van der Waals surface area contributed by atoms with Crippen LogP contribution in [-0.2, 0) is 6.42 Å². The third-order valence-corrected chi connectivity index (χ3v) is 6.19. The first kappa shape index (κ1) is 18.9. The van der Waals surface area contributed by atoms with Crippen LogP contribution in [-0.4, -0.2) is 40.8 Å². The Morgan fingerprint density at radius 2 is 2.07 bits per heavy atom. The molecular weight excluding hydrogens is 370 g/mol. The van der Waals surface area contributed by atoms with Gasteiger partial charge in [0, 0.05) is 6.54 Å². The molecule has 2 atom stereocenters. The van der Waals surface area contributed by atoms with Gasteiger partial charge in [0.2, 0.25) is 0 Å². The minimum atomic E-state index is -0.561. The molecule has 1 fully saturated rings. The van der Waals surface area contributed by atoms with Gasteiger partial charge in [-0.3, -0.25) is 4.90 Å². The summed E-state index contributed by atoms with van der Waals surface area (Å²) in [6.45, 7) is 1.80. The smallest absolute Gasteiger partial charge is 0.119 e. The quantitative estimate of drug-likeness (QED) is 0.658. The van der Waals surface area contributed by atoms with Crippen LogP contribution in [0.4, 0.5) is 0 Å². The summed E-state index contributed by atoms with van der Waals surface area (Å²) in [5.74, 6) is 0.713. The van der Waals surface area contributed by atoms with Crippen LogP contribution in [0.15, 0.2) is 48.5 Å². The van der Waals surface area contributed by atoms with Crippen LogP contribution in [0, 0.1) is 11.3 Å². The second kappa shape index (κ2) is 8.70. The number of thiazole rings is 1. The molecule has 2 heterocycles. The number of likely N-dealkylation sites (tertiary alicyclic amines) is 1. The number of aliphatic hydroxyl groups is 1. The Morgan fingerprint density at radius 3 is 2.86 bits per heavy atom. The topological polar surface area (TPSA) is 69.4 Å². The van der Waals surface area contributed by atoms with Crippen molar-refractivity contribution in [2.45, 2.75) is 31.4 Å². The molecule has 1 aromatic heterocycles. The average molecular weight is 394 g/mol. The third-order valence-electron chi connectivity index (χ3n) is 5.05. The van der Waals surface area contributed by atoms with Crippen LogP contribution in [0.2, 0.25) is 0 Å². The molecule has 2 unspecified atom stereocenters. The number of aliphatic hydroxyl groups excluding tert-OH is 1. The molecule has 0 aliphatic carbocycles. The van der Waals surface area contributed by atoms with Crippen molar-refractivity contribution >= 4 is 21.6 Å². The molecule has 0 saturated carbocycles. The van der Waals surface area contributed by atoms with E-state index in [9.17, 15) is 5.11 Å². The molecule has 4 rings (SSSR count). The standard InChI is InChI=1S/C22H23N3O2S/c23-12-11-16-7-9-18(10-8-16)27-15-17(26)14-25-13-3-5-20(25)22-24-19-4-1-2-6-21(19)28-22/h1-2,4,6-10,17,20,26H,3,5,11,13-15H2. The van der Waals surface area contributed by atoms with Crippen molar-refractivity contribution in [2.24, 2.45) is 0 Å². The van der Waals surface area contributed by atoms with E-state index >= 15 is 0 Å². The molecule has 6 heteroatoms. The summed E-state index contributed by atoms with van der Waals surface area (Å²) in [7, 11) is 0. The molecule has 3 aromatic rings. The summed E-state index contributed by atoms with van der Waals surface area (Å²) < 4.78 is 6.94. The van der Waals surface area contributed by atoms with E-state index in [0.29, 0.717) is 18.7 Å². The van der Waals surface area contributed by atoms with E-state index in [0.717, 1.165) is 35.5 Å². The van der Waals surface area contributed by atoms with E-state index in [-0.39, 0.29) is 12.6 Å². The second-order valence-electron chi connectivity index (χ2n) is 7.12. The molecular formula is C22H23N3O2S. The van der Waals surface area contributed by atoms with E-state index in [1.807, 2.05) is 36.4 Å². The van der Waals surface area contributed by atoms with E-state index in [1.165, 1.54) is 4.70 Å². The summed E-state index contributed by atoms with van der Waals surface area (Å²) >= 11 is 1.75. The number of nitriles is 1. The van der Waals surface area contributed by atoms with Crippen molar-refractivity contribution in [2.75, 3.05) is 19.7 Å². The van der Waals surface area contributed by atoms with Crippen LogP contribution in [0.3, 0.4) is 0 Å². The predicted octanol–water partition coefficient (Wildman–Crippen LogP) is 3.94. The van der Waals surface area contributed by atoms with Crippen LogP contribution in [0.25, 0.3) is 10.2 Å². The zero-order chi connectivity index (χ0) is 19.3. The van der Waals surface area contributed by atoms with E-state index in [1.54, 1.807) is 11.3 Å². The maximum atomic E-state index is 10.5. The van der Waals surface area contributed by atoms with Gasteiger partial charge in [0.05, 0.1) is 28.7 Å². The van der Waals surface area contributed by atoms with Gasteiger partial charge in [0.25, 0.3) is 0 Å². The molecule has 0 spiro atoms. The van der Waals surface area contributed by atoms with Gasteiger partial charge in [-0.1, -0.05) is 24.3 Å². The Bertz CT molecular complexity index is 931. The van der Waals surface area contributed by atoms with E-state index in [2.05, 4.69) is 23.1 Å². The molecule has 1 N–H and O–H groups in total. The van der Waals surface area contributed by atoms with Crippen LogP contribution < -0.4 is 4.74 Å². The van der Waals surface area contributed by atoms with Crippen molar-refractivity contribution in [1.82, 2.24) is 9.88 Å². The fourth-order valence-corrected chi connectivity index (χ4v) is 4.80. The molecule has 0 bridgehead atoms. The number of benzene rings is 2. The number of β-amino-alcohol motifs (C(OH)–C–C–N with tert-alkyl or cyclic N) is 1. The van der Waals surface area contributed by atoms with Gasteiger partial charge in [0.15, 0.2) is 0 Å². The lowest BCUT2D eigenvalue weighted by Crippen LogP contribution is -2.35. The molecule has 144 valence electrons.